The Morgan fingerprint density at radius 1 is 1.22 bits per heavy atom. The van der Waals surface area contributed by atoms with Gasteiger partial charge < -0.3 is 25.2 Å². The molecular formula is C31H45FN6O3. The number of piperazine rings is 1. The number of carbonyl (C=O) groups is 2. The van der Waals surface area contributed by atoms with Crippen LogP contribution in [0.2, 0.25) is 0 Å². The van der Waals surface area contributed by atoms with E-state index in [9.17, 15) is 14.0 Å². The lowest BCUT2D eigenvalue weighted by molar-refractivity contribution is -0.121. The van der Waals surface area contributed by atoms with Gasteiger partial charge in [-0.2, -0.15) is 0 Å². The van der Waals surface area contributed by atoms with Gasteiger partial charge in [-0.25, -0.2) is 4.39 Å². The summed E-state index contributed by atoms with van der Waals surface area (Å²) in [4.78, 5) is 36.1. The first-order chi connectivity index (χ1) is 19.5. The molecule has 1 saturated heterocycles. The van der Waals surface area contributed by atoms with E-state index in [-0.39, 0.29) is 29.1 Å². The van der Waals surface area contributed by atoms with Crippen molar-refractivity contribution in [2.45, 2.75) is 51.6 Å². The van der Waals surface area contributed by atoms with Crippen molar-refractivity contribution < 1.29 is 18.7 Å². The summed E-state index contributed by atoms with van der Waals surface area (Å²) in [6, 6.07) is 9.09. The van der Waals surface area contributed by atoms with Gasteiger partial charge in [-0.15, -0.1) is 0 Å². The summed E-state index contributed by atoms with van der Waals surface area (Å²) < 4.78 is 19.0. The lowest BCUT2D eigenvalue weighted by Crippen LogP contribution is -2.60. The number of hydrogen-bond acceptors (Lipinski definition) is 7. The number of benzene rings is 1. The molecule has 2 aliphatic heterocycles. The normalized spacial score (nSPS) is 20.3. The van der Waals surface area contributed by atoms with Crippen molar-refractivity contribution in [2.24, 2.45) is 0 Å². The molecule has 2 N–H and O–H groups in total. The summed E-state index contributed by atoms with van der Waals surface area (Å²) in [7, 11) is 2.07. The van der Waals surface area contributed by atoms with E-state index in [1.54, 1.807) is 12.1 Å². The number of fused-ring (bicyclic) bond motifs is 1. The van der Waals surface area contributed by atoms with Crippen molar-refractivity contribution >= 4 is 17.5 Å². The molecule has 2 atom stereocenters. The number of rotatable bonds is 12. The molecule has 224 valence electrons. The van der Waals surface area contributed by atoms with Crippen molar-refractivity contribution in [3.63, 3.8) is 0 Å². The first-order valence-electron chi connectivity index (χ1n) is 14.5. The largest absolute Gasteiger partial charge is 0.378 e. The van der Waals surface area contributed by atoms with Crippen molar-refractivity contribution in [1.29, 1.82) is 0 Å². The Labute approximate surface area is 243 Å². The van der Waals surface area contributed by atoms with Crippen molar-refractivity contribution in [3.05, 3.63) is 59.2 Å². The number of halogens is 1. The van der Waals surface area contributed by atoms with E-state index < -0.39 is 0 Å². The SMILES string of the molecule is CC(=O)NCCOCCN(C)C[C@H]1CN[C@H](C)CN1CC(=O)N1CC(C)(C)c2ncc(Cc3ccc(F)cc3)cc21. The molecule has 1 aromatic heterocycles. The maximum Gasteiger partial charge on any atom is 0.241 e. The molecular weight excluding hydrogens is 523 g/mol. The number of nitrogens with one attached hydrogen (secondary N) is 2. The molecule has 3 heterocycles. The van der Waals surface area contributed by atoms with Crippen LogP contribution in [0.4, 0.5) is 10.1 Å². The number of pyridine rings is 1. The topological polar surface area (TPSA) is 90.0 Å². The van der Waals surface area contributed by atoms with Crippen LogP contribution in [0.3, 0.4) is 0 Å². The summed E-state index contributed by atoms with van der Waals surface area (Å²) in [5.74, 6) is -0.221. The van der Waals surface area contributed by atoms with Gasteiger partial charge in [0.1, 0.15) is 5.82 Å². The van der Waals surface area contributed by atoms with Crippen LogP contribution in [0.15, 0.2) is 36.5 Å². The molecule has 10 heteroatoms. The van der Waals surface area contributed by atoms with Crippen LogP contribution in [0.5, 0.6) is 0 Å². The smallest absolute Gasteiger partial charge is 0.241 e. The quantitative estimate of drug-likeness (QED) is 0.380. The molecule has 0 spiro atoms. The number of ether oxygens (including phenoxy) is 1. The minimum atomic E-state index is -0.252. The number of amides is 2. The summed E-state index contributed by atoms with van der Waals surface area (Å²) in [6.07, 6.45) is 2.51. The number of likely N-dealkylation sites (N-methyl/N-ethyl adjacent to an activating group) is 1. The third kappa shape index (κ3) is 8.54. The molecule has 2 amide bonds. The minimum absolute atomic E-state index is 0.0536. The first-order valence-corrected chi connectivity index (χ1v) is 14.5. The number of aromatic nitrogens is 1. The van der Waals surface area contributed by atoms with Crippen molar-refractivity contribution in [2.75, 3.05) is 71.0 Å². The van der Waals surface area contributed by atoms with Gasteiger partial charge >= 0.3 is 0 Å². The Balaban J connectivity index is 1.38. The second kappa shape index (κ2) is 13.8. The van der Waals surface area contributed by atoms with Crippen LogP contribution < -0.4 is 15.5 Å². The summed E-state index contributed by atoms with van der Waals surface area (Å²) in [5.41, 5.74) is 3.59. The molecule has 0 aliphatic carbocycles. The average molecular weight is 569 g/mol. The molecule has 1 aromatic carbocycles. The highest BCUT2D eigenvalue weighted by Gasteiger charge is 2.40. The summed E-state index contributed by atoms with van der Waals surface area (Å²) in [6.45, 7) is 13.6. The Hall–Kier alpha value is -2.92. The lowest BCUT2D eigenvalue weighted by Gasteiger charge is -2.41. The zero-order chi connectivity index (χ0) is 29.6. The van der Waals surface area contributed by atoms with Crippen LogP contribution in [0, 0.1) is 5.82 Å². The third-order valence-corrected chi connectivity index (χ3v) is 7.86. The van der Waals surface area contributed by atoms with Gasteiger partial charge in [0, 0.05) is 69.9 Å². The fourth-order valence-electron chi connectivity index (χ4n) is 5.67. The predicted molar refractivity (Wildman–Crippen MR) is 159 cm³/mol. The van der Waals surface area contributed by atoms with E-state index in [1.807, 2.05) is 11.1 Å². The van der Waals surface area contributed by atoms with Crippen molar-refractivity contribution in [3.8, 4) is 0 Å². The van der Waals surface area contributed by atoms with Crippen LogP contribution in [0.1, 0.15) is 44.5 Å². The second-order valence-electron chi connectivity index (χ2n) is 12.1. The van der Waals surface area contributed by atoms with Crippen LogP contribution in [-0.2, 0) is 26.2 Å². The highest BCUT2D eigenvalue weighted by molar-refractivity contribution is 5.97. The van der Waals surface area contributed by atoms with E-state index in [2.05, 4.69) is 54.3 Å². The predicted octanol–water partition coefficient (Wildman–Crippen LogP) is 2.18. The molecule has 4 rings (SSSR count). The summed E-state index contributed by atoms with van der Waals surface area (Å²) >= 11 is 0. The number of nitrogens with zero attached hydrogens (tertiary/aromatic N) is 4. The maximum absolute atomic E-state index is 13.9. The Morgan fingerprint density at radius 2 is 1.98 bits per heavy atom. The minimum Gasteiger partial charge on any atom is -0.378 e. The van der Waals surface area contributed by atoms with Gasteiger partial charge in [0.05, 0.1) is 31.1 Å². The third-order valence-electron chi connectivity index (χ3n) is 7.86. The van der Waals surface area contributed by atoms with Gasteiger partial charge in [-0.1, -0.05) is 26.0 Å². The zero-order valence-corrected chi connectivity index (χ0v) is 25.1. The van der Waals surface area contributed by atoms with Gasteiger partial charge in [0.2, 0.25) is 11.8 Å². The fraction of sp³-hybridized carbons (Fsp3) is 0.581. The second-order valence-corrected chi connectivity index (χ2v) is 12.1. The van der Waals surface area contributed by atoms with Gasteiger partial charge in [0.15, 0.2) is 0 Å². The number of hydrogen-bond donors (Lipinski definition) is 2. The average Bonchev–Trinajstić information content (AvgIpc) is 3.19. The van der Waals surface area contributed by atoms with E-state index >= 15 is 0 Å². The number of carbonyl (C=O) groups excluding carboxylic acids is 2. The number of anilines is 1. The van der Waals surface area contributed by atoms with Crippen LogP contribution in [-0.4, -0.2) is 105 Å². The molecule has 0 unspecified atom stereocenters. The first kappa shape index (κ1) is 31.0. The molecule has 0 radical (unpaired) electrons. The monoisotopic (exact) mass is 568 g/mol. The van der Waals surface area contributed by atoms with E-state index in [0.29, 0.717) is 45.3 Å². The van der Waals surface area contributed by atoms with E-state index in [4.69, 9.17) is 9.72 Å². The van der Waals surface area contributed by atoms with Gasteiger partial charge in [-0.05, 0) is 49.7 Å². The van der Waals surface area contributed by atoms with E-state index in [1.165, 1.54) is 19.1 Å². The van der Waals surface area contributed by atoms with Crippen LogP contribution in [0.25, 0.3) is 0 Å². The Bertz CT molecular complexity index is 1190. The fourth-order valence-corrected chi connectivity index (χ4v) is 5.67. The highest BCUT2D eigenvalue weighted by Crippen LogP contribution is 2.39. The van der Waals surface area contributed by atoms with Crippen molar-refractivity contribution in [1.82, 2.24) is 25.4 Å². The summed E-state index contributed by atoms with van der Waals surface area (Å²) in [5, 5.41) is 6.30. The highest BCUT2D eigenvalue weighted by atomic mass is 19.1. The standard InChI is InChI=1S/C31H45FN6O3/c1-22-18-37(27(17-34-22)19-36(5)11-13-41-12-10-33-23(2)39)20-29(40)38-21-31(3,4)30-28(38)15-25(16-35-30)14-24-6-8-26(32)9-7-24/h6-9,15-16,22,27,34H,10-14,17-21H2,1-5H3,(H,33,39)/t22-,27-/m1/s1. The Morgan fingerprint density at radius 3 is 2.71 bits per heavy atom. The molecule has 2 aliphatic rings. The Kier molecular flexibility index (Phi) is 10.5. The van der Waals surface area contributed by atoms with Gasteiger partial charge in [0.25, 0.3) is 0 Å². The maximum atomic E-state index is 13.9. The molecule has 0 saturated carbocycles. The molecule has 2 aromatic rings. The molecule has 9 nitrogen and oxygen atoms in total. The lowest BCUT2D eigenvalue weighted by atomic mass is 9.91. The molecule has 0 bridgehead atoms. The zero-order valence-electron chi connectivity index (χ0n) is 25.1. The molecule has 1 fully saturated rings. The van der Waals surface area contributed by atoms with Gasteiger partial charge in [-0.3, -0.25) is 19.5 Å². The van der Waals surface area contributed by atoms with Crippen LogP contribution >= 0.6 is 0 Å². The van der Waals surface area contributed by atoms with E-state index in [0.717, 1.165) is 48.7 Å². The molecule has 41 heavy (non-hydrogen) atoms.